The molecule has 0 spiro atoms. The van der Waals surface area contributed by atoms with E-state index in [0.717, 1.165) is 54.7 Å². The van der Waals surface area contributed by atoms with Crippen molar-refractivity contribution < 1.29 is 19.7 Å². The lowest BCUT2D eigenvalue weighted by molar-refractivity contribution is 0.0156. The van der Waals surface area contributed by atoms with Crippen LogP contribution in [0.1, 0.15) is 104 Å². The van der Waals surface area contributed by atoms with Crippen molar-refractivity contribution in [2.24, 2.45) is 17.3 Å². The smallest absolute Gasteiger partial charge is 0.338 e. The molecule has 0 bridgehead atoms. The summed E-state index contributed by atoms with van der Waals surface area (Å²) in [5.41, 5.74) is 3.93. The number of aliphatic hydroxyl groups is 2. The number of aliphatic hydroxyl groups excluding tert-OH is 2. The first-order valence-electron chi connectivity index (χ1n) is 16.2. The standard InChI is InChI=1S/C36H46N2O4S/c1-23-22-38-34(43-23)36(16-17-36)32(42-33(41)26-13-18-37-19-14-26)8-4-7-28-11-12-30-25(6-5-15-35(28,30)3)9-10-27-20-29(39)21-31(40)24(27)2/h9-10,13-14,18-19,22,28-32,39-40H,2,4-8,11-12,15-17,20-21H2,1,3H3/b25-9+,27-10-/t28?,29-,30?,31+,32?,35?/m1/s1. The Bertz CT molecular complexity index is 1390. The van der Waals surface area contributed by atoms with E-state index in [1.807, 2.05) is 6.20 Å². The molecule has 0 radical (unpaired) electrons. The zero-order chi connectivity index (χ0) is 30.2. The van der Waals surface area contributed by atoms with E-state index < -0.39 is 12.2 Å². The number of aromatic nitrogens is 2. The molecular weight excluding hydrogens is 556 g/mol. The van der Waals surface area contributed by atoms with Gasteiger partial charge in [-0.3, -0.25) is 4.98 Å². The summed E-state index contributed by atoms with van der Waals surface area (Å²) in [6.07, 6.45) is 20.3. The Hall–Kier alpha value is -2.61. The number of carbonyl (C=O) groups excluding carboxylic acids is 1. The van der Waals surface area contributed by atoms with Crippen molar-refractivity contribution in [3.05, 3.63) is 81.6 Å². The Morgan fingerprint density at radius 3 is 2.72 bits per heavy atom. The summed E-state index contributed by atoms with van der Waals surface area (Å²) in [5, 5.41) is 21.6. The van der Waals surface area contributed by atoms with Gasteiger partial charge in [0.1, 0.15) is 11.1 Å². The van der Waals surface area contributed by atoms with Crippen LogP contribution in [0.3, 0.4) is 0 Å². The molecule has 4 aliphatic carbocycles. The monoisotopic (exact) mass is 602 g/mol. The number of aryl methyl sites for hydroxylation is 1. The van der Waals surface area contributed by atoms with Crippen LogP contribution in [-0.4, -0.2) is 44.5 Å². The van der Waals surface area contributed by atoms with Crippen LogP contribution in [0, 0.1) is 24.2 Å². The molecule has 6 atom stereocenters. The number of hydrogen-bond acceptors (Lipinski definition) is 7. The highest BCUT2D eigenvalue weighted by molar-refractivity contribution is 7.11. The van der Waals surface area contributed by atoms with Crippen LogP contribution in [0.25, 0.3) is 0 Å². The Morgan fingerprint density at radius 1 is 1.21 bits per heavy atom. The number of esters is 1. The first kappa shape index (κ1) is 30.4. The van der Waals surface area contributed by atoms with Crippen molar-refractivity contribution in [1.29, 1.82) is 0 Å². The Morgan fingerprint density at radius 2 is 2.00 bits per heavy atom. The van der Waals surface area contributed by atoms with E-state index in [1.54, 1.807) is 35.9 Å². The molecule has 0 saturated heterocycles. The molecule has 4 saturated carbocycles. The van der Waals surface area contributed by atoms with Crippen molar-refractivity contribution >= 4 is 17.3 Å². The third-order valence-corrected chi connectivity index (χ3v) is 12.2. The number of hydrogen-bond donors (Lipinski definition) is 2. The Balaban J connectivity index is 1.14. The van der Waals surface area contributed by atoms with Gasteiger partial charge in [0.2, 0.25) is 0 Å². The molecule has 0 aromatic carbocycles. The van der Waals surface area contributed by atoms with Crippen LogP contribution in [0.5, 0.6) is 0 Å². The topological polar surface area (TPSA) is 92.5 Å². The molecule has 6 nitrogen and oxygen atoms in total. The van der Waals surface area contributed by atoms with Gasteiger partial charge in [-0.1, -0.05) is 31.2 Å². The molecule has 230 valence electrons. The highest BCUT2D eigenvalue weighted by Crippen LogP contribution is 2.59. The molecular formula is C36H46N2O4S. The normalized spacial score (nSPS) is 32.5. The zero-order valence-electron chi connectivity index (χ0n) is 25.6. The average molecular weight is 603 g/mol. The van der Waals surface area contributed by atoms with Crippen LogP contribution >= 0.6 is 11.3 Å². The molecule has 0 aliphatic heterocycles. The minimum absolute atomic E-state index is 0.151. The number of nitrogens with zero attached hydrogens (tertiary/aromatic N) is 2. The van der Waals surface area contributed by atoms with Gasteiger partial charge in [0, 0.05) is 29.9 Å². The first-order valence-corrected chi connectivity index (χ1v) is 17.0. The second kappa shape index (κ2) is 12.4. The van der Waals surface area contributed by atoms with Gasteiger partial charge in [0.25, 0.3) is 0 Å². The van der Waals surface area contributed by atoms with Crippen LogP contribution in [0.15, 0.2) is 66.2 Å². The van der Waals surface area contributed by atoms with Gasteiger partial charge in [0.15, 0.2) is 0 Å². The summed E-state index contributed by atoms with van der Waals surface area (Å²) in [7, 11) is 0. The van der Waals surface area contributed by atoms with E-state index in [2.05, 4.69) is 37.6 Å². The molecule has 2 aromatic rings. The van der Waals surface area contributed by atoms with Crippen molar-refractivity contribution in [1.82, 2.24) is 9.97 Å². The molecule has 4 fully saturated rings. The van der Waals surface area contributed by atoms with Gasteiger partial charge in [-0.25, -0.2) is 9.78 Å². The molecule has 6 rings (SSSR count). The summed E-state index contributed by atoms with van der Waals surface area (Å²) in [5.74, 6) is 0.954. The van der Waals surface area contributed by atoms with E-state index in [1.165, 1.54) is 36.1 Å². The van der Waals surface area contributed by atoms with Crippen molar-refractivity contribution in [3.63, 3.8) is 0 Å². The van der Waals surface area contributed by atoms with Crippen LogP contribution in [0.4, 0.5) is 0 Å². The largest absolute Gasteiger partial charge is 0.458 e. The molecule has 2 heterocycles. The predicted octanol–water partition coefficient (Wildman–Crippen LogP) is 7.42. The minimum atomic E-state index is -0.650. The van der Waals surface area contributed by atoms with E-state index in [9.17, 15) is 15.0 Å². The molecule has 7 heteroatoms. The lowest BCUT2D eigenvalue weighted by atomic mass is 9.62. The first-order chi connectivity index (χ1) is 20.7. The second-order valence-corrected chi connectivity index (χ2v) is 15.0. The van der Waals surface area contributed by atoms with Crippen molar-refractivity contribution in [2.75, 3.05) is 0 Å². The summed E-state index contributed by atoms with van der Waals surface area (Å²) in [4.78, 5) is 23.2. The highest BCUT2D eigenvalue weighted by atomic mass is 32.1. The van der Waals surface area contributed by atoms with E-state index >= 15 is 0 Å². The lowest BCUT2D eigenvalue weighted by Gasteiger charge is -2.42. The minimum Gasteiger partial charge on any atom is -0.458 e. The molecule has 4 aliphatic rings. The van der Waals surface area contributed by atoms with Gasteiger partial charge in [-0.2, -0.15) is 0 Å². The van der Waals surface area contributed by atoms with E-state index in [4.69, 9.17) is 9.72 Å². The van der Waals surface area contributed by atoms with Gasteiger partial charge in [-0.05, 0) is 118 Å². The van der Waals surface area contributed by atoms with Crippen LogP contribution in [-0.2, 0) is 10.2 Å². The number of pyridine rings is 1. The Labute approximate surface area is 260 Å². The number of carbonyl (C=O) groups is 1. The quantitative estimate of drug-likeness (QED) is 0.290. The number of allylic oxidation sites excluding steroid dienone is 3. The summed E-state index contributed by atoms with van der Waals surface area (Å²) >= 11 is 1.74. The molecule has 4 unspecified atom stereocenters. The molecule has 0 amide bonds. The van der Waals surface area contributed by atoms with Gasteiger partial charge in [0.05, 0.1) is 23.2 Å². The van der Waals surface area contributed by atoms with E-state index in [0.29, 0.717) is 30.2 Å². The summed E-state index contributed by atoms with van der Waals surface area (Å²) in [6.45, 7) is 8.69. The van der Waals surface area contributed by atoms with Gasteiger partial charge < -0.3 is 14.9 Å². The molecule has 43 heavy (non-hydrogen) atoms. The molecule has 2 N–H and O–H groups in total. The SMILES string of the molecule is C=C1/C(=C\C=C2/CCCC3(C)C(CCCC(OC(=O)c4ccncc4)C4(c5ncc(C)s5)CC4)CCC23)C[C@@H](O)C[C@@H]1O. The maximum absolute atomic E-state index is 13.2. The van der Waals surface area contributed by atoms with E-state index in [-0.39, 0.29) is 22.9 Å². The average Bonchev–Trinajstić information content (AvgIpc) is 3.57. The van der Waals surface area contributed by atoms with Crippen LogP contribution < -0.4 is 0 Å². The molecule has 2 aromatic heterocycles. The van der Waals surface area contributed by atoms with Crippen molar-refractivity contribution in [3.8, 4) is 0 Å². The predicted molar refractivity (Wildman–Crippen MR) is 170 cm³/mol. The third-order valence-electron chi connectivity index (χ3n) is 11.1. The van der Waals surface area contributed by atoms with Gasteiger partial charge >= 0.3 is 5.97 Å². The number of rotatable bonds is 9. The second-order valence-electron chi connectivity index (χ2n) is 13.7. The fraction of sp³-hybridized carbons (Fsp3) is 0.583. The van der Waals surface area contributed by atoms with Gasteiger partial charge in [-0.15, -0.1) is 11.3 Å². The fourth-order valence-corrected chi connectivity index (χ4v) is 9.42. The maximum atomic E-state index is 13.2. The van der Waals surface area contributed by atoms with Crippen LogP contribution in [0.2, 0.25) is 0 Å². The highest BCUT2D eigenvalue weighted by Gasteiger charge is 2.55. The number of thiazole rings is 1. The third kappa shape index (κ3) is 6.18. The lowest BCUT2D eigenvalue weighted by Crippen LogP contribution is -2.34. The summed E-state index contributed by atoms with van der Waals surface area (Å²) < 4.78 is 6.30. The number of fused-ring (bicyclic) bond motifs is 1. The summed E-state index contributed by atoms with van der Waals surface area (Å²) in [6, 6.07) is 3.45. The fourth-order valence-electron chi connectivity index (χ4n) is 8.36. The maximum Gasteiger partial charge on any atom is 0.338 e. The Kier molecular flexibility index (Phi) is 8.78. The zero-order valence-corrected chi connectivity index (χ0v) is 26.5. The van der Waals surface area contributed by atoms with Crippen molar-refractivity contribution in [2.45, 2.75) is 115 Å². The number of ether oxygens (including phenoxy) is 1.